The molecule has 0 bridgehead atoms. The van der Waals surface area contributed by atoms with Crippen molar-refractivity contribution in [2.75, 3.05) is 0 Å². The molecule has 0 unspecified atom stereocenters. The molecule has 1 N–H and O–H groups in total. The van der Waals surface area contributed by atoms with Gasteiger partial charge in [0.15, 0.2) is 0 Å². The molecular weight excluding hydrogens is 252 g/mol. The first-order valence-electron chi connectivity index (χ1n) is 5.36. The van der Waals surface area contributed by atoms with Gasteiger partial charge in [-0.1, -0.05) is 48.0 Å². The molecule has 0 amide bonds. The van der Waals surface area contributed by atoms with Crippen LogP contribution in [0.3, 0.4) is 0 Å². The molecule has 0 saturated heterocycles. The maximum Gasteiger partial charge on any atom is 0.0692 e. The Kier molecular flexibility index (Phi) is 4.49. The normalized spacial score (nSPS) is 10.5. The predicted molar refractivity (Wildman–Crippen MR) is 73.4 cm³/mol. The second-order valence-electron chi connectivity index (χ2n) is 3.65. The molecule has 1 nitrogen and oxygen atoms in total. The zero-order valence-corrected chi connectivity index (χ0v) is 10.8. The summed E-state index contributed by atoms with van der Waals surface area (Å²) < 4.78 is 0. The fourth-order valence-corrected chi connectivity index (χ4v) is 2.88. The van der Waals surface area contributed by atoms with E-state index in [1.807, 2.05) is 48.5 Å². The van der Waals surface area contributed by atoms with Crippen molar-refractivity contribution in [1.82, 2.24) is 0 Å². The highest BCUT2D eigenvalue weighted by Crippen LogP contribution is 2.28. The molecule has 0 fully saturated rings. The SMILES string of the molecule is OCc1ccccc1SCc1ccccc1Cl. The minimum Gasteiger partial charge on any atom is -0.392 e. The van der Waals surface area contributed by atoms with Crippen molar-refractivity contribution in [3.05, 3.63) is 64.7 Å². The fraction of sp³-hybridized carbons (Fsp3) is 0.143. The molecule has 0 saturated carbocycles. The minimum atomic E-state index is 0.0751. The van der Waals surface area contributed by atoms with E-state index in [0.717, 1.165) is 26.8 Å². The van der Waals surface area contributed by atoms with Crippen molar-refractivity contribution in [2.24, 2.45) is 0 Å². The van der Waals surface area contributed by atoms with Gasteiger partial charge in [0, 0.05) is 15.7 Å². The van der Waals surface area contributed by atoms with Crippen LogP contribution in [0, 0.1) is 0 Å². The van der Waals surface area contributed by atoms with Gasteiger partial charge in [0.25, 0.3) is 0 Å². The van der Waals surface area contributed by atoms with Crippen LogP contribution in [0.4, 0.5) is 0 Å². The maximum absolute atomic E-state index is 9.23. The Bertz CT molecular complexity index is 499. The van der Waals surface area contributed by atoms with Crippen LogP contribution in [0.25, 0.3) is 0 Å². The van der Waals surface area contributed by atoms with Crippen LogP contribution in [0.5, 0.6) is 0 Å². The van der Waals surface area contributed by atoms with Crippen LogP contribution >= 0.6 is 23.4 Å². The van der Waals surface area contributed by atoms with E-state index in [-0.39, 0.29) is 6.61 Å². The number of hydrogen-bond donors (Lipinski definition) is 1. The van der Waals surface area contributed by atoms with E-state index in [4.69, 9.17) is 11.6 Å². The first kappa shape index (κ1) is 12.5. The van der Waals surface area contributed by atoms with Crippen molar-refractivity contribution in [1.29, 1.82) is 0 Å². The lowest BCUT2D eigenvalue weighted by atomic mass is 10.2. The molecule has 0 spiro atoms. The highest BCUT2D eigenvalue weighted by atomic mass is 35.5. The standard InChI is InChI=1S/C14H13ClOS/c15-13-7-3-1-6-12(13)10-17-14-8-4-2-5-11(14)9-16/h1-8,16H,9-10H2. The van der Waals surface area contributed by atoms with E-state index >= 15 is 0 Å². The summed E-state index contributed by atoms with van der Waals surface area (Å²) >= 11 is 7.80. The molecular formula is C14H13ClOS. The first-order valence-corrected chi connectivity index (χ1v) is 6.72. The molecule has 0 aliphatic rings. The molecule has 0 aliphatic carbocycles. The monoisotopic (exact) mass is 264 g/mol. The molecule has 2 aromatic carbocycles. The van der Waals surface area contributed by atoms with Crippen molar-refractivity contribution in [3.8, 4) is 0 Å². The van der Waals surface area contributed by atoms with E-state index in [1.165, 1.54) is 0 Å². The number of thioether (sulfide) groups is 1. The van der Waals surface area contributed by atoms with Gasteiger partial charge < -0.3 is 5.11 Å². The molecule has 2 aromatic rings. The fourth-order valence-electron chi connectivity index (χ4n) is 1.55. The first-order chi connectivity index (χ1) is 8.31. The molecule has 3 heteroatoms. The third kappa shape index (κ3) is 3.25. The summed E-state index contributed by atoms with van der Waals surface area (Å²) in [5.74, 6) is 0.816. The van der Waals surface area contributed by atoms with Gasteiger partial charge in [-0.15, -0.1) is 11.8 Å². The molecule has 0 aromatic heterocycles. The average Bonchev–Trinajstić information content (AvgIpc) is 2.38. The summed E-state index contributed by atoms with van der Waals surface area (Å²) in [7, 11) is 0. The van der Waals surface area contributed by atoms with Crippen LogP contribution in [-0.2, 0) is 12.4 Å². The van der Waals surface area contributed by atoms with E-state index < -0.39 is 0 Å². The number of aliphatic hydroxyl groups excluding tert-OH is 1. The largest absolute Gasteiger partial charge is 0.392 e. The predicted octanol–water partition coefficient (Wildman–Crippen LogP) is 4.12. The van der Waals surface area contributed by atoms with Crippen LogP contribution in [0.2, 0.25) is 5.02 Å². The van der Waals surface area contributed by atoms with Crippen molar-refractivity contribution in [3.63, 3.8) is 0 Å². The van der Waals surface area contributed by atoms with Gasteiger partial charge in [-0.25, -0.2) is 0 Å². The van der Waals surface area contributed by atoms with Gasteiger partial charge in [-0.05, 0) is 23.3 Å². The molecule has 0 radical (unpaired) electrons. The van der Waals surface area contributed by atoms with Crippen LogP contribution < -0.4 is 0 Å². The Morgan fingerprint density at radius 1 is 0.941 bits per heavy atom. The number of aliphatic hydroxyl groups is 1. The second-order valence-corrected chi connectivity index (χ2v) is 5.07. The van der Waals surface area contributed by atoms with Crippen LogP contribution in [0.1, 0.15) is 11.1 Å². The van der Waals surface area contributed by atoms with E-state index in [9.17, 15) is 5.11 Å². The summed E-state index contributed by atoms with van der Waals surface area (Å²) in [5, 5.41) is 10.0. The van der Waals surface area contributed by atoms with E-state index in [2.05, 4.69) is 0 Å². The smallest absolute Gasteiger partial charge is 0.0692 e. The summed E-state index contributed by atoms with van der Waals surface area (Å²) in [5.41, 5.74) is 2.08. The number of hydrogen-bond acceptors (Lipinski definition) is 2. The average molecular weight is 265 g/mol. The zero-order chi connectivity index (χ0) is 12.1. The Morgan fingerprint density at radius 2 is 1.59 bits per heavy atom. The molecule has 0 aliphatic heterocycles. The Hall–Kier alpha value is -0.960. The van der Waals surface area contributed by atoms with Gasteiger partial charge in [0.1, 0.15) is 0 Å². The molecule has 2 rings (SSSR count). The van der Waals surface area contributed by atoms with Crippen molar-refractivity contribution < 1.29 is 5.11 Å². The van der Waals surface area contributed by atoms with Gasteiger partial charge >= 0.3 is 0 Å². The lowest BCUT2D eigenvalue weighted by Crippen LogP contribution is -1.88. The number of halogens is 1. The molecule has 88 valence electrons. The summed E-state index contributed by atoms with van der Waals surface area (Å²) in [6.07, 6.45) is 0. The second kappa shape index (κ2) is 6.10. The quantitative estimate of drug-likeness (QED) is 0.838. The third-order valence-electron chi connectivity index (χ3n) is 2.48. The van der Waals surface area contributed by atoms with Gasteiger partial charge in [-0.3, -0.25) is 0 Å². The van der Waals surface area contributed by atoms with Crippen LogP contribution in [-0.4, -0.2) is 5.11 Å². The van der Waals surface area contributed by atoms with Gasteiger partial charge in [0.05, 0.1) is 6.61 Å². The van der Waals surface area contributed by atoms with Crippen LogP contribution in [0.15, 0.2) is 53.4 Å². The van der Waals surface area contributed by atoms with E-state index in [0.29, 0.717) is 0 Å². The number of benzene rings is 2. The number of rotatable bonds is 4. The Morgan fingerprint density at radius 3 is 2.29 bits per heavy atom. The lowest BCUT2D eigenvalue weighted by molar-refractivity contribution is 0.279. The highest BCUT2D eigenvalue weighted by molar-refractivity contribution is 7.98. The Balaban J connectivity index is 2.10. The zero-order valence-electron chi connectivity index (χ0n) is 9.27. The highest BCUT2D eigenvalue weighted by Gasteiger charge is 2.03. The molecule has 17 heavy (non-hydrogen) atoms. The molecule has 0 heterocycles. The minimum absolute atomic E-state index is 0.0751. The van der Waals surface area contributed by atoms with Crippen molar-refractivity contribution >= 4 is 23.4 Å². The van der Waals surface area contributed by atoms with E-state index in [1.54, 1.807) is 11.8 Å². The Labute approximate surface area is 110 Å². The lowest BCUT2D eigenvalue weighted by Gasteiger charge is -2.07. The van der Waals surface area contributed by atoms with Crippen molar-refractivity contribution in [2.45, 2.75) is 17.3 Å². The summed E-state index contributed by atoms with van der Waals surface area (Å²) in [6.45, 7) is 0.0751. The summed E-state index contributed by atoms with van der Waals surface area (Å²) in [6, 6.07) is 15.7. The van der Waals surface area contributed by atoms with Gasteiger partial charge in [0.2, 0.25) is 0 Å². The van der Waals surface area contributed by atoms with Gasteiger partial charge in [-0.2, -0.15) is 0 Å². The topological polar surface area (TPSA) is 20.2 Å². The maximum atomic E-state index is 9.23. The third-order valence-corrected chi connectivity index (χ3v) is 4.02. The molecule has 0 atom stereocenters. The summed E-state index contributed by atoms with van der Waals surface area (Å²) in [4.78, 5) is 1.11.